The lowest BCUT2D eigenvalue weighted by Gasteiger charge is -2.38. The first-order valence-corrected chi connectivity index (χ1v) is 15.7. The molecule has 3 nitrogen and oxygen atoms in total. The average molecular weight is 490 g/mol. The molecule has 7 unspecified atom stereocenters. The van der Waals surface area contributed by atoms with Crippen LogP contribution in [0.25, 0.3) is 0 Å². The largest absolute Gasteiger partial charge is 0.316 e. The van der Waals surface area contributed by atoms with Crippen molar-refractivity contribution in [1.82, 2.24) is 5.32 Å². The fourth-order valence-corrected chi connectivity index (χ4v) is 9.29. The molecule has 0 heterocycles. The maximum Gasteiger partial charge on any atom is 0.0783 e. The molecule has 0 aliphatic heterocycles. The Balaban J connectivity index is 0.956. The SMILES string of the molecule is NC(NC(N)C1CCC(C2=CCC(C3CCCCC3)CC2)CC1)C1=CC2CC1CC2C1C=CC=CC1. The molecule has 0 radical (unpaired) electrons. The van der Waals surface area contributed by atoms with Gasteiger partial charge in [-0.2, -0.15) is 0 Å². The predicted molar refractivity (Wildman–Crippen MR) is 151 cm³/mol. The maximum absolute atomic E-state index is 6.73. The number of nitrogens with one attached hydrogen (secondary N) is 1. The van der Waals surface area contributed by atoms with E-state index < -0.39 is 0 Å². The third-order valence-corrected chi connectivity index (χ3v) is 11.4. The van der Waals surface area contributed by atoms with Crippen LogP contribution in [-0.4, -0.2) is 12.3 Å². The Kier molecular flexibility index (Phi) is 7.89. The van der Waals surface area contributed by atoms with E-state index in [-0.39, 0.29) is 12.3 Å². The van der Waals surface area contributed by atoms with E-state index in [4.69, 9.17) is 11.5 Å². The van der Waals surface area contributed by atoms with Crippen LogP contribution in [0.4, 0.5) is 0 Å². The average Bonchev–Trinajstić information content (AvgIpc) is 3.56. The Bertz CT molecular complexity index is 869. The van der Waals surface area contributed by atoms with Crippen LogP contribution in [0.1, 0.15) is 96.3 Å². The molecule has 5 N–H and O–H groups in total. The molecule has 6 aliphatic carbocycles. The zero-order chi connectivity index (χ0) is 24.5. The zero-order valence-corrected chi connectivity index (χ0v) is 22.5. The van der Waals surface area contributed by atoms with E-state index in [1.807, 2.05) is 0 Å². The Morgan fingerprint density at radius 1 is 0.778 bits per heavy atom. The molecule has 3 fully saturated rings. The molecule has 198 valence electrons. The van der Waals surface area contributed by atoms with Crippen molar-refractivity contribution in [3.05, 3.63) is 47.6 Å². The van der Waals surface area contributed by atoms with Gasteiger partial charge in [0.25, 0.3) is 0 Å². The van der Waals surface area contributed by atoms with Crippen LogP contribution >= 0.6 is 0 Å². The molecule has 7 atom stereocenters. The number of rotatable bonds is 7. The third-order valence-electron chi connectivity index (χ3n) is 11.4. The smallest absolute Gasteiger partial charge is 0.0783 e. The topological polar surface area (TPSA) is 64.1 Å². The van der Waals surface area contributed by atoms with Gasteiger partial charge in [-0.3, -0.25) is 5.32 Å². The van der Waals surface area contributed by atoms with Crippen molar-refractivity contribution in [2.24, 2.45) is 58.8 Å². The van der Waals surface area contributed by atoms with Crippen molar-refractivity contribution < 1.29 is 0 Å². The summed E-state index contributed by atoms with van der Waals surface area (Å²) in [6.45, 7) is 0. The van der Waals surface area contributed by atoms with Gasteiger partial charge in [-0.1, -0.05) is 74.1 Å². The van der Waals surface area contributed by atoms with Gasteiger partial charge >= 0.3 is 0 Å². The van der Waals surface area contributed by atoms with Crippen LogP contribution in [0, 0.1) is 47.3 Å². The molecule has 3 saturated carbocycles. The molecular formula is C33H51N3. The summed E-state index contributed by atoms with van der Waals surface area (Å²) < 4.78 is 0. The summed E-state index contributed by atoms with van der Waals surface area (Å²) in [4.78, 5) is 0. The minimum Gasteiger partial charge on any atom is -0.316 e. The van der Waals surface area contributed by atoms with Crippen molar-refractivity contribution in [3.63, 3.8) is 0 Å². The second-order valence-corrected chi connectivity index (χ2v) is 13.4. The summed E-state index contributed by atoms with van der Waals surface area (Å²) in [5.74, 6) is 6.31. The Morgan fingerprint density at radius 2 is 1.61 bits per heavy atom. The van der Waals surface area contributed by atoms with E-state index in [0.29, 0.717) is 17.8 Å². The van der Waals surface area contributed by atoms with Gasteiger partial charge < -0.3 is 11.5 Å². The van der Waals surface area contributed by atoms with Gasteiger partial charge in [-0.15, -0.1) is 0 Å². The summed E-state index contributed by atoms with van der Waals surface area (Å²) in [7, 11) is 0. The van der Waals surface area contributed by atoms with Gasteiger partial charge in [-0.25, -0.2) is 0 Å². The second kappa shape index (κ2) is 11.3. The molecule has 0 amide bonds. The molecule has 0 aromatic rings. The first-order chi connectivity index (χ1) is 17.7. The number of nitrogens with two attached hydrogens (primary N) is 2. The van der Waals surface area contributed by atoms with Crippen LogP contribution in [0.2, 0.25) is 0 Å². The molecule has 0 aromatic heterocycles. The molecule has 0 saturated heterocycles. The molecule has 0 spiro atoms. The van der Waals surface area contributed by atoms with Crippen molar-refractivity contribution >= 4 is 0 Å². The van der Waals surface area contributed by atoms with Gasteiger partial charge in [0.05, 0.1) is 12.3 Å². The standard InChI is InChI=1S/C33H51N3/c34-32(36-33(35)31-21-28-19-29(31)20-30(28)26-9-5-2-6-10-26)27-17-15-25(16-18-27)24-13-11-23(12-14-24)22-7-3-1-4-8-22/h2,5-6,9,13,21-23,25-30,32-33,36H,1,3-4,7-8,10-12,14-20,34-35H2. The van der Waals surface area contributed by atoms with E-state index in [1.165, 1.54) is 102 Å². The highest BCUT2D eigenvalue weighted by Gasteiger charge is 2.44. The van der Waals surface area contributed by atoms with E-state index in [9.17, 15) is 0 Å². The molecule has 0 aromatic carbocycles. The minimum atomic E-state index is -0.0618. The van der Waals surface area contributed by atoms with Crippen molar-refractivity contribution in [1.29, 1.82) is 0 Å². The number of allylic oxidation sites excluding steroid dienone is 7. The summed E-state index contributed by atoms with van der Waals surface area (Å²) in [5.41, 5.74) is 16.7. The van der Waals surface area contributed by atoms with E-state index in [2.05, 4.69) is 41.8 Å². The van der Waals surface area contributed by atoms with Crippen LogP contribution in [0.5, 0.6) is 0 Å². The molecule has 2 bridgehead atoms. The molecular weight excluding hydrogens is 438 g/mol. The van der Waals surface area contributed by atoms with E-state index in [1.54, 1.807) is 5.57 Å². The summed E-state index contributed by atoms with van der Waals surface area (Å²) in [6.07, 6.45) is 35.0. The summed E-state index contributed by atoms with van der Waals surface area (Å²) >= 11 is 0. The van der Waals surface area contributed by atoms with Crippen LogP contribution in [-0.2, 0) is 0 Å². The first kappa shape index (κ1) is 25.1. The van der Waals surface area contributed by atoms with Crippen LogP contribution in [0.3, 0.4) is 0 Å². The highest BCUT2D eigenvalue weighted by molar-refractivity contribution is 5.27. The number of fused-ring (bicyclic) bond motifs is 2. The van der Waals surface area contributed by atoms with Gasteiger partial charge in [0.1, 0.15) is 0 Å². The fraction of sp³-hybridized carbons (Fsp3) is 0.758. The molecule has 6 rings (SSSR count). The maximum atomic E-state index is 6.73. The minimum absolute atomic E-state index is 0.0270. The van der Waals surface area contributed by atoms with Crippen molar-refractivity contribution in [2.45, 2.75) is 109 Å². The highest BCUT2D eigenvalue weighted by atomic mass is 15.1. The molecule has 3 heteroatoms. The van der Waals surface area contributed by atoms with Gasteiger partial charge in [0.2, 0.25) is 0 Å². The lowest BCUT2D eigenvalue weighted by molar-refractivity contribution is 0.210. The monoisotopic (exact) mass is 489 g/mol. The van der Waals surface area contributed by atoms with Gasteiger partial charge in [-0.05, 0) is 117 Å². The number of hydrogen-bond donors (Lipinski definition) is 3. The fourth-order valence-electron chi connectivity index (χ4n) is 9.29. The third kappa shape index (κ3) is 5.36. The lowest BCUT2D eigenvalue weighted by Crippen LogP contribution is -2.54. The van der Waals surface area contributed by atoms with Crippen LogP contribution in [0.15, 0.2) is 47.6 Å². The molecule has 36 heavy (non-hydrogen) atoms. The summed E-state index contributed by atoms with van der Waals surface area (Å²) in [5, 5.41) is 3.65. The van der Waals surface area contributed by atoms with Crippen molar-refractivity contribution in [2.75, 3.05) is 0 Å². The van der Waals surface area contributed by atoms with Crippen molar-refractivity contribution in [3.8, 4) is 0 Å². The molecule has 6 aliphatic rings. The highest BCUT2D eigenvalue weighted by Crippen LogP contribution is 2.52. The van der Waals surface area contributed by atoms with Gasteiger partial charge in [0.15, 0.2) is 0 Å². The Morgan fingerprint density at radius 3 is 2.28 bits per heavy atom. The zero-order valence-electron chi connectivity index (χ0n) is 22.5. The Hall–Kier alpha value is -1.16. The normalized spacial score (nSPS) is 40.7. The van der Waals surface area contributed by atoms with E-state index in [0.717, 1.165) is 29.6 Å². The second-order valence-electron chi connectivity index (χ2n) is 13.4. The Labute approximate surface area is 220 Å². The van der Waals surface area contributed by atoms with E-state index >= 15 is 0 Å². The predicted octanol–water partition coefficient (Wildman–Crippen LogP) is 6.97. The first-order valence-electron chi connectivity index (χ1n) is 15.7. The lowest BCUT2D eigenvalue weighted by atomic mass is 9.70. The quantitative estimate of drug-likeness (QED) is 0.267. The number of hydrogen-bond acceptors (Lipinski definition) is 3. The summed E-state index contributed by atoms with van der Waals surface area (Å²) in [6, 6.07) is 0. The van der Waals surface area contributed by atoms with Gasteiger partial charge in [0, 0.05) is 0 Å². The van der Waals surface area contributed by atoms with Crippen LogP contribution < -0.4 is 16.8 Å².